The van der Waals surface area contributed by atoms with Crippen LogP contribution in [0.5, 0.6) is 5.75 Å². The Morgan fingerprint density at radius 3 is 2.65 bits per heavy atom. The number of rotatable bonds is 3. The molecule has 2 aromatic carbocycles. The van der Waals surface area contributed by atoms with Crippen LogP contribution in [0.2, 0.25) is 0 Å². The lowest BCUT2D eigenvalue weighted by Crippen LogP contribution is -2.12. The van der Waals surface area contributed by atoms with Gasteiger partial charge in [0.05, 0.1) is 0 Å². The Morgan fingerprint density at radius 1 is 1.05 bits per heavy atom. The maximum Gasteiger partial charge on any atom is 0.123 e. The lowest BCUT2D eigenvalue weighted by Gasteiger charge is -2.19. The molecular formula is C18H19NO. The van der Waals surface area contributed by atoms with Crippen LogP contribution in [0.4, 0.5) is 0 Å². The zero-order chi connectivity index (χ0) is 13.9. The van der Waals surface area contributed by atoms with E-state index in [1.54, 1.807) is 0 Å². The Morgan fingerprint density at radius 2 is 1.85 bits per heavy atom. The van der Waals surface area contributed by atoms with E-state index in [0.29, 0.717) is 6.61 Å². The molecule has 0 saturated carbocycles. The molecule has 0 spiro atoms. The molecule has 0 fully saturated rings. The smallest absolute Gasteiger partial charge is 0.123 e. The van der Waals surface area contributed by atoms with Crippen LogP contribution in [0.3, 0.4) is 0 Å². The molecule has 20 heavy (non-hydrogen) atoms. The van der Waals surface area contributed by atoms with Gasteiger partial charge in [0.15, 0.2) is 0 Å². The Balaban J connectivity index is 1.83. The first kappa shape index (κ1) is 12.9. The van der Waals surface area contributed by atoms with Crippen molar-refractivity contribution in [2.75, 3.05) is 6.54 Å². The Bertz CT molecular complexity index is 644. The van der Waals surface area contributed by atoms with E-state index in [1.165, 1.54) is 22.3 Å². The summed E-state index contributed by atoms with van der Waals surface area (Å²) in [7, 11) is 0. The Labute approximate surface area is 120 Å². The summed E-state index contributed by atoms with van der Waals surface area (Å²) in [6.07, 6.45) is 1.01. The first-order chi connectivity index (χ1) is 9.75. The number of hydrogen-bond donors (Lipinski definition) is 0. The summed E-state index contributed by atoms with van der Waals surface area (Å²) in [5.41, 5.74) is 6.27. The summed E-state index contributed by atoms with van der Waals surface area (Å²) in [5.74, 6) is 0.988. The highest BCUT2D eigenvalue weighted by atomic mass is 16.5. The maximum absolute atomic E-state index is 5.98. The SMILES string of the molecule is CC1=NCCc2c1ccc(OCc1ccccc1)c2C. The standard InChI is InChI=1S/C18H19NO/c1-13-16-10-11-19-14(2)17(16)8-9-18(13)20-12-15-6-4-3-5-7-15/h3-9H,10-12H2,1-2H3. The van der Waals surface area contributed by atoms with Gasteiger partial charge in [-0.1, -0.05) is 30.3 Å². The number of benzene rings is 2. The molecule has 0 bridgehead atoms. The number of ether oxygens (including phenoxy) is 1. The Hall–Kier alpha value is -2.09. The van der Waals surface area contributed by atoms with Gasteiger partial charge in [-0.05, 0) is 54.7 Å². The van der Waals surface area contributed by atoms with Gasteiger partial charge in [-0.3, -0.25) is 4.99 Å². The molecule has 1 aliphatic heterocycles. The summed E-state index contributed by atoms with van der Waals surface area (Å²) >= 11 is 0. The first-order valence-electron chi connectivity index (χ1n) is 7.06. The van der Waals surface area contributed by atoms with Crippen molar-refractivity contribution in [3.63, 3.8) is 0 Å². The summed E-state index contributed by atoms with van der Waals surface area (Å²) in [5, 5.41) is 0. The normalized spacial score (nSPS) is 13.6. The quantitative estimate of drug-likeness (QED) is 0.823. The van der Waals surface area contributed by atoms with Crippen LogP contribution < -0.4 is 4.74 Å². The summed E-state index contributed by atoms with van der Waals surface area (Å²) in [6.45, 7) is 5.75. The van der Waals surface area contributed by atoms with Gasteiger partial charge >= 0.3 is 0 Å². The van der Waals surface area contributed by atoms with Gasteiger partial charge in [-0.25, -0.2) is 0 Å². The van der Waals surface area contributed by atoms with Crippen LogP contribution >= 0.6 is 0 Å². The summed E-state index contributed by atoms with van der Waals surface area (Å²) in [6, 6.07) is 14.5. The van der Waals surface area contributed by atoms with E-state index in [1.807, 2.05) is 18.2 Å². The maximum atomic E-state index is 5.98. The molecule has 0 N–H and O–H groups in total. The molecule has 1 aliphatic rings. The van der Waals surface area contributed by atoms with E-state index in [-0.39, 0.29) is 0 Å². The third-order valence-electron chi connectivity index (χ3n) is 3.89. The van der Waals surface area contributed by atoms with Gasteiger partial charge in [0, 0.05) is 12.3 Å². The van der Waals surface area contributed by atoms with Crippen LogP contribution in [0.1, 0.15) is 29.2 Å². The van der Waals surface area contributed by atoms with Crippen molar-refractivity contribution in [2.45, 2.75) is 26.9 Å². The molecule has 2 nitrogen and oxygen atoms in total. The largest absolute Gasteiger partial charge is 0.489 e. The van der Waals surface area contributed by atoms with Crippen LogP contribution in [0.25, 0.3) is 0 Å². The van der Waals surface area contributed by atoms with Crippen molar-refractivity contribution in [3.05, 3.63) is 64.7 Å². The van der Waals surface area contributed by atoms with Gasteiger partial charge in [-0.2, -0.15) is 0 Å². The molecule has 0 unspecified atom stereocenters. The van der Waals surface area contributed by atoms with Crippen LogP contribution in [0, 0.1) is 6.92 Å². The summed E-state index contributed by atoms with van der Waals surface area (Å²) < 4.78 is 5.98. The third kappa shape index (κ3) is 2.46. The minimum Gasteiger partial charge on any atom is -0.489 e. The lowest BCUT2D eigenvalue weighted by atomic mass is 9.93. The molecule has 0 radical (unpaired) electrons. The number of hydrogen-bond acceptors (Lipinski definition) is 2. The molecular weight excluding hydrogens is 246 g/mol. The van der Waals surface area contributed by atoms with Gasteiger partial charge in [0.2, 0.25) is 0 Å². The van der Waals surface area contributed by atoms with Gasteiger partial charge < -0.3 is 4.74 Å². The topological polar surface area (TPSA) is 21.6 Å². The van der Waals surface area contributed by atoms with E-state index in [0.717, 1.165) is 24.4 Å². The van der Waals surface area contributed by atoms with E-state index < -0.39 is 0 Å². The molecule has 0 aromatic heterocycles. The molecule has 0 saturated heterocycles. The van der Waals surface area contributed by atoms with Gasteiger partial charge in [0.1, 0.15) is 12.4 Å². The second-order valence-corrected chi connectivity index (χ2v) is 5.21. The van der Waals surface area contributed by atoms with E-state index in [4.69, 9.17) is 4.74 Å². The average molecular weight is 265 g/mol. The molecule has 2 aromatic rings. The zero-order valence-electron chi connectivity index (χ0n) is 12.0. The molecule has 0 atom stereocenters. The number of fused-ring (bicyclic) bond motifs is 1. The second-order valence-electron chi connectivity index (χ2n) is 5.21. The van der Waals surface area contributed by atoms with E-state index in [9.17, 15) is 0 Å². The molecule has 0 amide bonds. The van der Waals surface area contributed by atoms with E-state index in [2.05, 4.69) is 43.1 Å². The molecule has 2 heteroatoms. The van der Waals surface area contributed by atoms with Crippen molar-refractivity contribution in [1.29, 1.82) is 0 Å². The fourth-order valence-corrected chi connectivity index (χ4v) is 2.71. The molecule has 1 heterocycles. The minimum atomic E-state index is 0.619. The minimum absolute atomic E-state index is 0.619. The zero-order valence-corrected chi connectivity index (χ0v) is 12.0. The van der Waals surface area contributed by atoms with E-state index >= 15 is 0 Å². The number of nitrogens with zero attached hydrogens (tertiary/aromatic N) is 1. The van der Waals surface area contributed by atoms with Crippen LogP contribution in [-0.2, 0) is 13.0 Å². The fourth-order valence-electron chi connectivity index (χ4n) is 2.71. The fraction of sp³-hybridized carbons (Fsp3) is 0.278. The molecule has 0 aliphatic carbocycles. The highest BCUT2D eigenvalue weighted by Crippen LogP contribution is 2.28. The first-order valence-corrected chi connectivity index (χ1v) is 7.06. The molecule has 3 rings (SSSR count). The second kappa shape index (κ2) is 5.49. The van der Waals surface area contributed by atoms with Crippen molar-refractivity contribution in [3.8, 4) is 5.75 Å². The highest BCUT2D eigenvalue weighted by Gasteiger charge is 2.15. The average Bonchev–Trinajstić information content (AvgIpc) is 2.48. The Kier molecular flexibility index (Phi) is 3.55. The van der Waals surface area contributed by atoms with Crippen molar-refractivity contribution in [2.24, 2.45) is 4.99 Å². The predicted molar refractivity (Wildman–Crippen MR) is 82.7 cm³/mol. The van der Waals surface area contributed by atoms with Crippen LogP contribution in [0.15, 0.2) is 47.5 Å². The monoisotopic (exact) mass is 265 g/mol. The predicted octanol–water partition coefficient (Wildman–Crippen LogP) is 3.94. The van der Waals surface area contributed by atoms with Gasteiger partial charge in [-0.15, -0.1) is 0 Å². The van der Waals surface area contributed by atoms with Crippen molar-refractivity contribution in [1.82, 2.24) is 0 Å². The molecule has 102 valence electrons. The third-order valence-corrected chi connectivity index (χ3v) is 3.89. The van der Waals surface area contributed by atoms with Gasteiger partial charge in [0.25, 0.3) is 0 Å². The number of aliphatic imine (C=N–C) groups is 1. The lowest BCUT2D eigenvalue weighted by molar-refractivity contribution is 0.303. The van der Waals surface area contributed by atoms with Crippen LogP contribution in [-0.4, -0.2) is 12.3 Å². The van der Waals surface area contributed by atoms with Crippen molar-refractivity contribution >= 4 is 5.71 Å². The highest BCUT2D eigenvalue weighted by molar-refractivity contribution is 6.01. The van der Waals surface area contributed by atoms with Crippen molar-refractivity contribution < 1.29 is 4.74 Å². The summed E-state index contributed by atoms with van der Waals surface area (Å²) in [4.78, 5) is 4.51.